The van der Waals surface area contributed by atoms with E-state index in [4.69, 9.17) is 5.11 Å². The summed E-state index contributed by atoms with van der Waals surface area (Å²) in [6.07, 6.45) is 1.12. The van der Waals surface area contributed by atoms with E-state index in [0.717, 1.165) is 17.6 Å². The van der Waals surface area contributed by atoms with E-state index in [1.807, 2.05) is 6.92 Å². The maximum Gasteiger partial charge on any atom is 0.231 e. The molecule has 0 aliphatic heterocycles. The van der Waals surface area contributed by atoms with E-state index in [9.17, 15) is 13.2 Å². The van der Waals surface area contributed by atoms with E-state index in [2.05, 4.69) is 15.0 Å². The largest absolute Gasteiger partial charge is 0.396 e. The first kappa shape index (κ1) is 15.9. The molecule has 1 rings (SSSR count). The second kappa shape index (κ2) is 6.83. The molecule has 1 heterocycles. The topological polar surface area (TPSA) is 108 Å². The number of hydrogen-bond donors (Lipinski definition) is 3. The van der Waals surface area contributed by atoms with Crippen LogP contribution in [0.3, 0.4) is 0 Å². The van der Waals surface area contributed by atoms with Crippen molar-refractivity contribution in [1.29, 1.82) is 0 Å². The van der Waals surface area contributed by atoms with Crippen LogP contribution >= 0.6 is 11.3 Å². The van der Waals surface area contributed by atoms with Crippen LogP contribution in [0.4, 0.5) is 5.13 Å². The minimum Gasteiger partial charge on any atom is -0.396 e. The highest BCUT2D eigenvalue weighted by molar-refractivity contribution is 7.92. The predicted molar refractivity (Wildman–Crippen MR) is 73.5 cm³/mol. The lowest BCUT2D eigenvalue weighted by molar-refractivity contribution is -0.120. The van der Waals surface area contributed by atoms with Crippen LogP contribution in [0.2, 0.25) is 0 Å². The van der Waals surface area contributed by atoms with Gasteiger partial charge in [-0.3, -0.25) is 9.52 Å². The molecule has 19 heavy (non-hydrogen) atoms. The molecule has 1 unspecified atom stereocenters. The van der Waals surface area contributed by atoms with Gasteiger partial charge < -0.3 is 10.4 Å². The Kier molecular flexibility index (Phi) is 5.70. The molecule has 1 aromatic heterocycles. The molecule has 0 saturated carbocycles. The zero-order valence-corrected chi connectivity index (χ0v) is 12.3. The zero-order valence-electron chi connectivity index (χ0n) is 10.7. The molecule has 1 atom stereocenters. The SMILES string of the molecule is CC(CO)CNC(=O)Cc1csc(NS(C)(=O)=O)n1. The maximum atomic E-state index is 11.6. The van der Waals surface area contributed by atoms with Gasteiger partial charge in [0.1, 0.15) is 0 Å². The van der Waals surface area contributed by atoms with Crippen molar-refractivity contribution in [1.82, 2.24) is 10.3 Å². The molecule has 0 saturated heterocycles. The van der Waals surface area contributed by atoms with E-state index >= 15 is 0 Å². The molecule has 0 fully saturated rings. The Morgan fingerprint density at radius 3 is 2.84 bits per heavy atom. The van der Waals surface area contributed by atoms with Gasteiger partial charge in [-0.05, 0) is 5.92 Å². The number of carbonyl (C=O) groups is 1. The van der Waals surface area contributed by atoms with Gasteiger partial charge in [0, 0.05) is 18.5 Å². The summed E-state index contributed by atoms with van der Waals surface area (Å²) in [5.74, 6) is -0.210. The van der Waals surface area contributed by atoms with E-state index in [0.29, 0.717) is 12.2 Å². The number of rotatable bonds is 7. The Balaban J connectivity index is 2.47. The number of hydrogen-bond acceptors (Lipinski definition) is 6. The fourth-order valence-electron chi connectivity index (χ4n) is 1.17. The van der Waals surface area contributed by atoms with Crippen LogP contribution in [0.5, 0.6) is 0 Å². The third-order valence-corrected chi connectivity index (χ3v) is 3.63. The lowest BCUT2D eigenvalue weighted by Crippen LogP contribution is -2.30. The fraction of sp³-hybridized carbons (Fsp3) is 0.600. The van der Waals surface area contributed by atoms with Crippen LogP contribution in [0.1, 0.15) is 12.6 Å². The summed E-state index contributed by atoms with van der Waals surface area (Å²) in [6, 6.07) is 0. The Morgan fingerprint density at radius 2 is 2.26 bits per heavy atom. The third kappa shape index (κ3) is 6.50. The first-order chi connectivity index (χ1) is 8.80. The summed E-state index contributed by atoms with van der Waals surface area (Å²) in [5.41, 5.74) is 0.505. The van der Waals surface area contributed by atoms with Gasteiger partial charge in [0.2, 0.25) is 15.9 Å². The van der Waals surface area contributed by atoms with Gasteiger partial charge in [-0.2, -0.15) is 0 Å². The number of nitrogens with zero attached hydrogens (tertiary/aromatic N) is 1. The van der Waals surface area contributed by atoms with Gasteiger partial charge in [0.15, 0.2) is 5.13 Å². The molecule has 0 spiro atoms. The van der Waals surface area contributed by atoms with Crippen molar-refractivity contribution >= 4 is 32.4 Å². The highest BCUT2D eigenvalue weighted by atomic mass is 32.2. The number of thiazole rings is 1. The second-order valence-electron chi connectivity index (χ2n) is 4.29. The zero-order chi connectivity index (χ0) is 14.5. The molecule has 3 N–H and O–H groups in total. The highest BCUT2D eigenvalue weighted by Gasteiger charge is 2.10. The van der Waals surface area contributed by atoms with Crippen molar-refractivity contribution in [2.75, 3.05) is 24.1 Å². The summed E-state index contributed by atoms with van der Waals surface area (Å²) < 4.78 is 24.2. The monoisotopic (exact) mass is 307 g/mol. The number of amides is 1. The lowest BCUT2D eigenvalue weighted by atomic mass is 10.2. The summed E-state index contributed by atoms with van der Waals surface area (Å²) >= 11 is 1.13. The number of nitrogens with one attached hydrogen (secondary N) is 2. The van der Waals surface area contributed by atoms with Crippen molar-refractivity contribution < 1.29 is 18.3 Å². The van der Waals surface area contributed by atoms with Gasteiger partial charge in [-0.1, -0.05) is 6.92 Å². The first-order valence-corrected chi connectivity index (χ1v) is 8.37. The van der Waals surface area contributed by atoms with Crippen molar-refractivity contribution in [3.05, 3.63) is 11.1 Å². The molecule has 108 valence electrons. The van der Waals surface area contributed by atoms with Crippen LogP contribution in [0.25, 0.3) is 0 Å². The molecule has 7 nitrogen and oxygen atoms in total. The molecule has 1 aromatic rings. The molecular formula is C10H17N3O4S2. The molecular weight excluding hydrogens is 290 g/mol. The standard InChI is InChI=1S/C10H17N3O4S2/c1-7(5-14)4-11-9(15)3-8-6-18-10(12-8)13-19(2,16)17/h6-7,14H,3-5H2,1-2H3,(H,11,15)(H,12,13). The molecule has 0 aromatic carbocycles. The second-order valence-corrected chi connectivity index (χ2v) is 6.89. The minimum absolute atomic E-state index is 0.00171. The maximum absolute atomic E-state index is 11.6. The molecule has 0 bridgehead atoms. The molecule has 1 amide bonds. The Labute approximate surface area is 116 Å². The highest BCUT2D eigenvalue weighted by Crippen LogP contribution is 2.16. The van der Waals surface area contributed by atoms with E-state index < -0.39 is 10.0 Å². The summed E-state index contributed by atoms with van der Waals surface area (Å²) in [5, 5.41) is 13.4. The van der Waals surface area contributed by atoms with Crippen LogP contribution in [0, 0.1) is 5.92 Å². The normalized spacial score (nSPS) is 13.0. The van der Waals surface area contributed by atoms with E-state index in [1.54, 1.807) is 5.38 Å². The number of sulfonamides is 1. The minimum atomic E-state index is -3.35. The van der Waals surface area contributed by atoms with Crippen LogP contribution in [-0.4, -0.2) is 43.8 Å². The van der Waals surface area contributed by atoms with Crippen molar-refractivity contribution in [3.63, 3.8) is 0 Å². The number of carbonyl (C=O) groups excluding carboxylic acids is 1. The van der Waals surface area contributed by atoms with Crippen molar-refractivity contribution in [2.24, 2.45) is 5.92 Å². The summed E-state index contributed by atoms with van der Waals surface area (Å²) in [6.45, 7) is 2.23. The lowest BCUT2D eigenvalue weighted by Gasteiger charge is -2.08. The summed E-state index contributed by atoms with van der Waals surface area (Å²) in [7, 11) is -3.35. The first-order valence-electron chi connectivity index (χ1n) is 5.60. The number of aromatic nitrogens is 1. The van der Waals surface area contributed by atoms with Crippen LogP contribution in [-0.2, 0) is 21.2 Å². The van der Waals surface area contributed by atoms with Crippen molar-refractivity contribution in [2.45, 2.75) is 13.3 Å². The summed E-state index contributed by atoms with van der Waals surface area (Å²) in [4.78, 5) is 15.6. The molecule has 0 aliphatic carbocycles. The molecule has 0 radical (unpaired) electrons. The Morgan fingerprint density at radius 1 is 1.58 bits per heavy atom. The van der Waals surface area contributed by atoms with Gasteiger partial charge >= 0.3 is 0 Å². The van der Waals surface area contributed by atoms with Gasteiger partial charge in [0.25, 0.3) is 0 Å². The van der Waals surface area contributed by atoms with Crippen LogP contribution in [0.15, 0.2) is 5.38 Å². The van der Waals surface area contributed by atoms with Gasteiger partial charge in [-0.15, -0.1) is 11.3 Å². The quantitative estimate of drug-likeness (QED) is 0.646. The fourth-order valence-corrected chi connectivity index (χ4v) is 2.74. The third-order valence-electron chi connectivity index (χ3n) is 2.13. The average molecular weight is 307 g/mol. The average Bonchev–Trinajstić information content (AvgIpc) is 2.70. The number of aliphatic hydroxyl groups is 1. The van der Waals surface area contributed by atoms with E-state index in [1.165, 1.54) is 0 Å². The van der Waals surface area contributed by atoms with E-state index in [-0.39, 0.29) is 30.0 Å². The van der Waals surface area contributed by atoms with Gasteiger partial charge in [0.05, 0.1) is 18.4 Å². The Hall–Kier alpha value is -1.19. The number of aliphatic hydroxyl groups excluding tert-OH is 1. The van der Waals surface area contributed by atoms with Crippen molar-refractivity contribution in [3.8, 4) is 0 Å². The molecule has 9 heteroatoms. The molecule has 0 aliphatic rings. The predicted octanol–water partition coefficient (Wildman–Crippen LogP) is -0.198. The van der Waals surface area contributed by atoms with Crippen LogP contribution < -0.4 is 10.0 Å². The van der Waals surface area contributed by atoms with Gasteiger partial charge in [-0.25, -0.2) is 13.4 Å². The smallest absolute Gasteiger partial charge is 0.231 e. The number of anilines is 1. The Bertz CT molecular complexity index is 527.